The second kappa shape index (κ2) is 11.1. The average Bonchev–Trinajstić information content (AvgIpc) is 3.27. The predicted molar refractivity (Wildman–Crippen MR) is 179 cm³/mol. The van der Waals surface area contributed by atoms with E-state index in [-0.39, 0.29) is 40.8 Å². The van der Waals surface area contributed by atoms with E-state index in [4.69, 9.17) is 23.7 Å². The summed E-state index contributed by atoms with van der Waals surface area (Å²) in [6.45, 7) is 20.2. The highest BCUT2D eigenvalue weighted by atomic mass is 16.7. The van der Waals surface area contributed by atoms with Gasteiger partial charge in [-0.15, -0.1) is 0 Å². The van der Waals surface area contributed by atoms with Gasteiger partial charge in [0, 0.05) is 38.3 Å². The molecular weight excluding hydrogens is 594 g/mol. The van der Waals surface area contributed by atoms with Crippen molar-refractivity contribution in [2.45, 2.75) is 155 Å². The van der Waals surface area contributed by atoms with Crippen molar-refractivity contribution < 1.29 is 33.9 Å². The molecule has 5 aliphatic carbocycles. The minimum atomic E-state index is -1.01. The molecule has 8 heteroatoms. The van der Waals surface area contributed by atoms with Gasteiger partial charge in [0.05, 0.1) is 43.2 Å². The smallest absolute Gasteiger partial charge is 0.170 e. The Kier molecular flexibility index (Phi) is 7.98. The van der Waals surface area contributed by atoms with E-state index in [0.717, 1.165) is 52.2 Å². The molecule has 0 aromatic rings. The van der Waals surface area contributed by atoms with Gasteiger partial charge < -0.3 is 33.9 Å². The fraction of sp³-hybridized carbons (Fsp3) is 1.00. The molecule has 3 aliphatic heterocycles. The first kappa shape index (κ1) is 33.8. The molecule has 3 saturated heterocycles. The number of methoxy groups -OCH3 is 1. The van der Waals surface area contributed by atoms with E-state index < -0.39 is 17.8 Å². The van der Waals surface area contributed by atoms with Crippen molar-refractivity contribution in [1.82, 2.24) is 4.90 Å². The summed E-state index contributed by atoms with van der Waals surface area (Å²) in [4.78, 5) is 2.54. The molecule has 3 heterocycles. The first-order valence-electron chi connectivity index (χ1n) is 19.3. The molecule has 2 N–H and O–H groups in total. The zero-order chi connectivity index (χ0) is 33.4. The number of hydrogen-bond acceptors (Lipinski definition) is 8. The molecule has 8 aliphatic rings. The van der Waals surface area contributed by atoms with Crippen LogP contribution in [0.25, 0.3) is 0 Å². The van der Waals surface area contributed by atoms with Crippen LogP contribution in [0.1, 0.15) is 106 Å². The van der Waals surface area contributed by atoms with Gasteiger partial charge in [0.25, 0.3) is 0 Å². The van der Waals surface area contributed by atoms with Gasteiger partial charge in [-0.05, 0) is 117 Å². The van der Waals surface area contributed by atoms with Gasteiger partial charge in [0.1, 0.15) is 6.10 Å². The molecule has 47 heavy (non-hydrogen) atoms. The van der Waals surface area contributed by atoms with Crippen LogP contribution in [0.4, 0.5) is 0 Å². The fourth-order valence-electron chi connectivity index (χ4n) is 14.7. The normalized spacial score (nSPS) is 54.5. The van der Waals surface area contributed by atoms with Crippen LogP contribution in [0, 0.1) is 50.7 Å². The molecule has 0 amide bonds. The van der Waals surface area contributed by atoms with Crippen LogP contribution < -0.4 is 0 Å². The Hall–Kier alpha value is -0.320. The van der Waals surface area contributed by atoms with Crippen molar-refractivity contribution in [3.05, 3.63) is 0 Å². The lowest BCUT2D eigenvalue weighted by Crippen LogP contribution is -2.60. The molecule has 0 aromatic heterocycles. The molecule has 2 spiro atoms. The number of aliphatic hydroxyl groups excluding tert-OH is 1. The van der Waals surface area contributed by atoms with Gasteiger partial charge >= 0.3 is 0 Å². The maximum Gasteiger partial charge on any atom is 0.170 e. The molecular formula is C39H65NO7. The van der Waals surface area contributed by atoms with E-state index in [2.05, 4.69) is 39.5 Å². The van der Waals surface area contributed by atoms with Gasteiger partial charge in [-0.3, -0.25) is 4.90 Å². The van der Waals surface area contributed by atoms with Crippen LogP contribution in [0.5, 0.6) is 0 Å². The Balaban J connectivity index is 1.02. The van der Waals surface area contributed by atoms with Crippen molar-refractivity contribution >= 4 is 0 Å². The van der Waals surface area contributed by atoms with Gasteiger partial charge in [-0.2, -0.15) is 0 Å². The van der Waals surface area contributed by atoms with Crippen molar-refractivity contribution in [2.75, 3.05) is 40.0 Å². The number of morpholine rings is 1. The maximum atomic E-state index is 12.6. The molecule has 15 atom stereocenters. The summed E-state index contributed by atoms with van der Waals surface area (Å²) in [7, 11) is 1.68. The lowest BCUT2D eigenvalue weighted by atomic mass is 9.41. The van der Waals surface area contributed by atoms with Crippen LogP contribution in [-0.2, 0) is 23.7 Å². The molecule has 268 valence electrons. The number of rotatable bonds is 6. The third kappa shape index (κ3) is 4.53. The minimum Gasteiger partial charge on any atom is -0.390 e. The summed E-state index contributed by atoms with van der Waals surface area (Å²) in [6, 6.07) is 0.504. The van der Waals surface area contributed by atoms with E-state index in [1.54, 1.807) is 7.11 Å². The Bertz CT molecular complexity index is 1200. The summed E-state index contributed by atoms with van der Waals surface area (Å²) in [5.74, 6) is 1.85. The summed E-state index contributed by atoms with van der Waals surface area (Å²) in [6.07, 6.45) is 9.15. The van der Waals surface area contributed by atoms with Crippen molar-refractivity contribution in [1.29, 1.82) is 0 Å². The minimum absolute atomic E-state index is 0.0235. The summed E-state index contributed by atoms with van der Waals surface area (Å²) in [5, 5.41) is 23.5. The highest BCUT2D eigenvalue weighted by Gasteiger charge is 2.84. The maximum absolute atomic E-state index is 12.6. The highest BCUT2D eigenvalue weighted by molar-refractivity contribution is 5.33. The first-order chi connectivity index (χ1) is 22.1. The lowest BCUT2D eigenvalue weighted by molar-refractivity contribution is -0.251. The molecule has 8 rings (SSSR count). The Morgan fingerprint density at radius 2 is 1.70 bits per heavy atom. The second-order valence-corrected chi connectivity index (χ2v) is 19.3. The molecule has 0 bridgehead atoms. The van der Waals surface area contributed by atoms with Crippen LogP contribution in [-0.4, -0.2) is 104 Å². The average molecular weight is 660 g/mol. The number of nitrogens with zero attached hydrogens (tertiary/aromatic N) is 1. The molecule has 5 saturated carbocycles. The third-order valence-electron chi connectivity index (χ3n) is 16.9. The Labute approximate surface area is 283 Å². The largest absolute Gasteiger partial charge is 0.390 e. The Morgan fingerprint density at radius 3 is 2.40 bits per heavy atom. The number of ether oxygens (including phenoxy) is 5. The lowest BCUT2D eigenvalue weighted by Gasteiger charge is -2.64. The van der Waals surface area contributed by atoms with E-state index in [1.807, 2.05) is 13.8 Å². The zero-order valence-corrected chi connectivity index (χ0v) is 30.6. The van der Waals surface area contributed by atoms with E-state index >= 15 is 0 Å². The Morgan fingerprint density at radius 1 is 0.957 bits per heavy atom. The topological polar surface area (TPSA) is 89.9 Å². The molecule has 0 unspecified atom stereocenters. The summed E-state index contributed by atoms with van der Waals surface area (Å²) >= 11 is 0. The zero-order valence-electron chi connectivity index (χ0n) is 30.6. The highest BCUT2D eigenvalue weighted by Crippen LogP contribution is 2.89. The third-order valence-corrected chi connectivity index (χ3v) is 16.9. The van der Waals surface area contributed by atoms with Gasteiger partial charge in [0.2, 0.25) is 0 Å². The fourth-order valence-corrected chi connectivity index (χ4v) is 14.7. The van der Waals surface area contributed by atoms with Crippen LogP contribution in [0.3, 0.4) is 0 Å². The van der Waals surface area contributed by atoms with Gasteiger partial charge in [0.15, 0.2) is 6.29 Å². The molecule has 8 nitrogen and oxygen atoms in total. The van der Waals surface area contributed by atoms with E-state index in [9.17, 15) is 10.2 Å². The number of hydrogen-bond donors (Lipinski definition) is 2. The standard InChI is InChI=1S/C39H65NO7/c1-23-19-25(33(43-8)35(4,5)42)46-31-30(23)36(6)14-15-39-22-38(39)13-11-28(47-29-20-40(16-18-45-29)24-12-17-44-21-24)34(2,3)26(38)9-10-27(39)37(36,7)32(31)41/h23-33,41-42H,9-22H2,1-8H3/t23-,24-,25-,26+,27+,28+,29+,30+,31+,32+,33+,36-,37-,38-,39+/m1/s1. The molecule has 0 radical (unpaired) electrons. The van der Waals surface area contributed by atoms with Crippen molar-refractivity contribution in [2.24, 2.45) is 50.7 Å². The van der Waals surface area contributed by atoms with Crippen LogP contribution in [0.15, 0.2) is 0 Å². The molecule has 0 aromatic carbocycles. The number of aliphatic hydroxyl groups is 2. The summed E-state index contributed by atoms with van der Waals surface area (Å²) < 4.78 is 31.6. The van der Waals surface area contributed by atoms with Gasteiger partial charge in [-0.1, -0.05) is 34.6 Å². The van der Waals surface area contributed by atoms with Crippen LogP contribution in [0.2, 0.25) is 0 Å². The summed E-state index contributed by atoms with van der Waals surface area (Å²) in [5.41, 5.74) is -0.440. The SMILES string of the molecule is CO[C@@H]([C@H]1C[C@@H](C)[C@H]2[C@H](O1)[C@H](O)[C@@]1(C)[C@@H]3CC[C@H]4C(C)(C)[C@@H](O[C@H]5CN([C@@H]6CCOC6)CCO5)CC[C@@]45C[C@@]35CC[C@]21C)C(C)(C)O. The van der Waals surface area contributed by atoms with Crippen molar-refractivity contribution in [3.8, 4) is 0 Å². The van der Waals surface area contributed by atoms with Crippen LogP contribution >= 0.6 is 0 Å². The number of fused-ring (bicyclic) bond motifs is 4. The first-order valence-corrected chi connectivity index (χ1v) is 19.3. The quantitative estimate of drug-likeness (QED) is 0.391. The van der Waals surface area contributed by atoms with E-state index in [0.29, 0.717) is 40.5 Å². The van der Waals surface area contributed by atoms with E-state index in [1.165, 1.54) is 38.5 Å². The second-order valence-electron chi connectivity index (χ2n) is 19.3. The predicted octanol–water partition coefficient (Wildman–Crippen LogP) is 5.42. The monoisotopic (exact) mass is 659 g/mol. The van der Waals surface area contributed by atoms with Crippen molar-refractivity contribution in [3.63, 3.8) is 0 Å². The van der Waals surface area contributed by atoms with Gasteiger partial charge in [-0.25, -0.2) is 0 Å². The molecule has 8 fully saturated rings.